The number of para-hydroxylation sites is 1. The highest BCUT2D eigenvalue weighted by Crippen LogP contribution is 2.40. The quantitative estimate of drug-likeness (QED) is 0.864. The minimum absolute atomic E-state index is 0.178. The van der Waals surface area contributed by atoms with Crippen molar-refractivity contribution in [3.63, 3.8) is 0 Å². The molecule has 1 aromatic rings. The molecule has 0 unspecified atom stereocenters. The van der Waals surface area contributed by atoms with Crippen LogP contribution in [0, 0.1) is 5.41 Å². The van der Waals surface area contributed by atoms with Gasteiger partial charge in [0.25, 0.3) is 0 Å². The highest BCUT2D eigenvalue weighted by atomic mass is 16.3. The first-order valence-corrected chi connectivity index (χ1v) is 6.77. The number of anilines is 1. The summed E-state index contributed by atoms with van der Waals surface area (Å²) in [5.74, 6) is 0. The van der Waals surface area contributed by atoms with Gasteiger partial charge in [-0.05, 0) is 30.9 Å². The third kappa shape index (κ3) is 1.95. The van der Waals surface area contributed by atoms with Gasteiger partial charge < -0.3 is 10.0 Å². The first-order valence-electron chi connectivity index (χ1n) is 6.77. The zero-order valence-electron chi connectivity index (χ0n) is 10.4. The second kappa shape index (κ2) is 4.34. The number of fused-ring (bicyclic) bond motifs is 1. The zero-order valence-corrected chi connectivity index (χ0v) is 10.4. The second-order valence-electron chi connectivity index (χ2n) is 5.67. The molecule has 1 N–H and O–H groups in total. The predicted octanol–water partition coefficient (Wildman–Crippen LogP) is 2.60. The van der Waals surface area contributed by atoms with E-state index in [0.29, 0.717) is 6.61 Å². The molecule has 1 aliphatic carbocycles. The Hall–Kier alpha value is -1.02. The zero-order chi connectivity index (χ0) is 11.7. The van der Waals surface area contributed by atoms with Gasteiger partial charge in [-0.3, -0.25) is 0 Å². The Morgan fingerprint density at radius 1 is 1.18 bits per heavy atom. The molecule has 0 bridgehead atoms. The number of nitrogens with zero attached hydrogens (tertiary/aromatic N) is 1. The molecular weight excluding hydrogens is 210 g/mol. The van der Waals surface area contributed by atoms with Gasteiger partial charge >= 0.3 is 0 Å². The lowest BCUT2D eigenvalue weighted by molar-refractivity contribution is 0.136. The van der Waals surface area contributed by atoms with E-state index in [0.717, 1.165) is 19.5 Å². The number of benzene rings is 1. The maximum Gasteiger partial charge on any atom is 0.0504 e. The molecule has 3 rings (SSSR count). The van der Waals surface area contributed by atoms with Gasteiger partial charge in [-0.1, -0.05) is 31.0 Å². The summed E-state index contributed by atoms with van der Waals surface area (Å²) in [5.41, 5.74) is 3.04. The summed E-state index contributed by atoms with van der Waals surface area (Å²) in [6.07, 6.45) is 6.13. The van der Waals surface area contributed by atoms with Gasteiger partial charge in [0.2, 0.25) is 0 Å². The highest BCUT2D eigenvalue weighted by molar-refractivity contribution is 5.57. The molecule has 17 heavy (non-hydrogen) atoms. The average Bonchev–Trinajstić information content (AvgIpc) is 2.99. The fraction of sp³-hybridized carbons (Fsp3) is 0.600. The Kier molecular flexibility index (Phi) is 2.83. The smallest absolute Gasteiger partial charge is 0.0504 e. The van der Waals surface area contributed by atoms with Crippen LogP contribution < -0.4 is 4.90 Å². The minimum Gasteiger partial charge on any atom is -0.396 e. The molecule has 1 saturated carbocycles. The van der Waals surface area contributed by atoms with Crippen LogP contribution in [0.2, 0.25) is 0 Å². The summed E-state index contributed by atoms with van der Waals surface area (Å²) in [6.45, 7) is 2.52. The maximum absolute atomic E-state index is 9.70. The van der Waals surface area contributed by atoms with Crippen LogP contribution in [0.3, 0.4) is 0 Å². The van der Waals surface area contributed by atoms with Crippen LogP contribution in [0.4, 0.5) is 5.69 Å². The molecule has 92 valence electrons. The standard InChI is InChI=1S/C15H21NO/c17-12-15(8-3-4-9-15)11-16-10-7-13-5-1-2-6-14(13)16/h1-2,5-6,17H,3-4,7-12H2. The van der Waals surface area contributed by atoms with E-state index in [1.807, 2.05) is 0 Å². The van der Waals surface area contributed by atoms with Gasteiger partial charge in [0.1, 0.15) is 0 Å². The van der Waals surface area contributed by atoms with Crippen molar-refractivity contribution in [3.8, 4) is 0 Å². The third-order valence-electron chi connectivity index (χ3n) is 4.51. The van der Waals surface area contributed by atoms with Crippen LogP contribution in [0.25, 0.3) is 0 Å². The Morgan fingerprint density at radius 3 is 2.71 bits per heavy atom. The third-order valence-corrected chi connectivity index (χ3v) is 4.51. The summed E-state index contributed by atoms with van der Waals surface area (Å²) in [7, 11) is 0. The summed E-state index contributed by atoms with van der Waals surface area (Å²) < 4.78 is 0. The van der Waals surface area contributed by atoms with E-state index in [2.05, 4.69) is 29.2 Å². The van der Waals surface area contributed by atoms with Crippen molar-refractivity contribution >= 4 is 5.69 Å². The van der Waals surface area contributed by atoms with E-state index in [1.165, 1.54) is 36.9 Å². The Labute approximate surface area is 103 Å². The van der Waals surface area contributed by atoms with Crippen molar-refractivity contribution in [1.29, 1.82) is 0 Å². The first kappa shape index (κ1) is 11.1. The maximum atomic E-state index is 9.70. The number of hydrogen-bond donors (Lipinski definition) is 1. The largest absolute Gasteiger partial charge is 0.396 e. The van der Waals surface area contributed by atoms with Crippen molar-refractivity contribution in [2.45, 2.75) is 32.1 Å². The van der Waals surface area contributed by atoms with Gasteiger partial charge in [-0.15, -0.1) is 0 Å². The molecule has 0 aromatic heterocycles. The van der Waals surface area contributed by atoms with Crippen molar-refractivity contribution < 1.29 is 5.11 Å². The molecule has 1 aliphatic heterocycles. The topological polar surface area (TPSA) is 23.5 Å². The molecule has 1 fully saturated rings. The van der Waals surface area contributed by atoms with E-state index in [-0.39, 0.29) is 5.41 Å². The van der Waals surface area contributed by atoms with Gasteiger partial charge in [0.15, 0.2) is 0 Å². The lowest BCUT2D eigenvalue weighted by atomic mass is 9.86. The summed E-state index contributed by atoms with van der Waals surface area (Å²) in [4.78, 5) is 2.48. The molecule has 1 aromatic carbocycles. The van der Waals surface area contributed by atoms with E-state index >= 15 is 0 Å². The van der Waals surface area contributed by atoms with E-state index in [9.17, 15) is 5.11 Å². The second-order valence-corrected chi connectivity index (χ2v) is 5.67. The van der Waals surface area contributed by atoms with Gasteiger partial charge in [0.05, 0.1) is 6.61 Å². The Morgan fingerprint density at radius 2 is 1.94 bits per heavy atom. The Bertz CT molecular complexity index is 396. The van der Waals surface area contributed by atoms with E-state index in [1.54, 1.807) is 0 Å². The monoisotopic (exact) mass is 231 g/mol. The highest BCUT2D eigenvalue weighted by Gasteiger charge is 2.36. The van der Waals surface area contributed by atoms with Crippen LogP contribution in [-0.2, 0) is 6.42 Å². The molecular formula is C15H21NO. The molecule has 0 saturated heterocycles. The SMILES string of the molecule is OCC1(CN2CCc3ccccc32)CCCC1. The molecule has 1 heterocycles. The fourth-order valence-electron chi connectivity index (χ4n) is 3.47. The van der Waals surface area contributed by atoms with Crippen LogP contribution in [0.1, 0.15) is 31.2 Å². The normalized spacial score (nSPS) is 21.8. The van der Waals surface area contributed by atoms with E-state index < -0.39 is 0 Å². The molecule has 0 radical (unpaired) electrons. The van der Waals surface area contributed by atoms with E-state index in [4.69, 9.17) is 0 Å². The lowest BCUT2D eigenvalue weighted by Gasteiger charge is -2.33. The van der Waals surface area contributed by atoms with Crippen LogP contribution in [-0.4, -0.2) is 24.8 Å². The van der Waals surface area contributed by atoms with Crippen LogP contribution in [0.5, 0.6) is 0 Å². The van der Waals surface area contributed by atoms with Crippen LogP contribution >= 0.6 is 0 Å². The molecule has 2 aliphatic rings. The molecule has 0 amide bonds. The van der Waals surface area contributed by atoms with Crippen molar-refractivity contribution in [3.05, 3.63) is 29.8 Å². The number of hydrogen-bond acceptors (Lipinski definition) is 2. The molecule has 2 heteroatoms. The van der Waals surface area contributed by atoms with Crippen LogP contribution in [0.15, 0.2) is 24.3 Å². The van der Waals surface area contributed by atoms with Crippen molar-refractivity contribution in [2.24, 2.45) is 5.41 Å². The number of rotatable bonds is 3. The molecule has 0 atom stereocenters. The summed E-state index contributed by atoms with van der Waals surface area (Å²) >= 11 is 0. The average molecular weight is 231 g/mol. The molecule has 2 nitrogen and oxygen atoms in total. The van der Waals surface area contributed by atoms with Gasteiger partial charge in [0, 0.05) is 24.2 Å². The van der Waals surface area contributed by atoms with Crippen molar-refractivity contribution in [1.82, 2.24) is 0 Å². The van der Waals surface area contributed by atoms with Crippen molar-refractivity contribution in [2.75, 3.05) is 24.6 Å². The summed E-state index contributed by atoms with van der Waals surface area (Å²) in [5, 5.41) is 9.70. The number of aliphatic hydroxyl groups is 1. The van der Waals surface area contributed by atoms with Gasteiger partial charge in [-0.25, -0.2) is 0 Å². The first-order chi connectivity index (χ1) is 8.33. The summed E-state index contributed by atoms with van der Waals surface area (Å²) in [6, 6.07) is 8.70. The fourth-order valence-corrected chi connectivity index (χ4v) is 3.47. The predicted molar refractivity (Wildman–Crippen MR) is 70.3 cm³/mol. The Balaban J connectivity index is 1.79. The minimum atomic E-state index is 0.178. The van der Waals surface area contributed by atoms with Gasteiger partial charge in [-0.2, -0.15) is 0 Å². The lowest BCUT2D eigenvalue weighted by Crippen LogP contribution is -2.37. The number of aliphatic hydroxyl groups excluding tert-OH is 1. The molecule has 0 spiro atoms.